The fourth-order valence-corrected chi connectivity index (χ4v) is 3.74. The van der Waals surface area contributed by atoms with E-state index in [1.807, 2.05) is 56.0 Å². The number of hydrogen-bond acceptors (Lipinski definition) is 4. The van der Waals surface area contributed by atoms with Crippen molar-refractivity contribution in [2.24, 2.45) is 0 Å². The number of nitrogens with one attached hydrogen (secondary N) is 1. The van der Waals surface area contributed by atoms with E-state index in [2.05, 4.69) is 5.32 Å². The molecule has 2 aromatic rings. The number of amides is 2. The van der Waals surface area contributed by atoms with Crippen LogP contribution in [0.1, 0.15) is 59.4 Å². The van der Waals surface area contributed by atoms with Crippen molar-refractivity contribution in [3.05, 3.63) is 59.2 Å². The number of carbonyl (C=O) groups excluding carboxylic acids is 2. The highest BCUT2D eigenvalue weighted by molar-refractivity contribution is 5.96. The van der Waals surface area contributed by atoms with Gasteiger partial charge in [-0.3, -0.25) is 9.59 Å². The Morgan fingerprint density at radius 3 is 2.45 bits per heavy atom. The molecule has 0 aromatic heterocycles. The predicted octanol–water partition coefficient (Wildman–Crippen LogP) is 4.22. The first kappa shape index (κ1) is 22.7. The summed E-state index contributed by atoms with van der Waals surface area (Å²) in [4.78, 5) is 27.4. The molecule has 0 unspecified atom stereocenters. The number of nitrogens with zero attached hydrogens (tertiary/aromatic N) is 1. The first-order valence-electron chi connectivity index (χ1n) is 11.1. The van der Waals surface area contributed by atoms with Crippen molar-refractivity contribution in [2.45, 2.75) is 46.1 Å². The van der Waals surface area contributed by atoms with E-state index in [0.717, 1.165) is 24.8 Å². The van der Waals surface area contributed by atoms with Gasteiger partial charge in [-0.15, -0.1) is 0 Å². The molecule has 6 heteroatoms. The molecule has 166 valence electrons. The van der Waals surface area contributed by atoms with Gasteiger partial charge in [0, 0.05) is 30.3 Å². The first-order chi connectivity index (χ1) is 15.0. The van der Waals surface area contributed by atoms with Crippen LogP contribution in [0.2, 0.25) is 0 Å². The molecule has 0 saturated carbocycles. The Morgan fingerprint density at radius 1 is 1.03 bits per heavy atom. The maximum atomic E-state index is 13.0. The normalized spacial score (nSPS) is 14.2. The van der Waals surface area contributed by atoms with E-state index >= 15 is 0 Å². The molecule has 6 nitrogen and oxygen atoms in total. The lowest BCUT2D eigenvalue weighted by atomic mass is 10.0. The molecule has 1 heterocycles. The van der Waals surface area contributed by atoms with Gasteiger partial charge in [0.1, 0.15) is 0 Å². The van der Waals surface area contributed by atoms with E-state index in [4.69, 9.17) is 9.47 Å². The smallest absolute Gasteiger partial charge is 0.253 e. The molecule has 1 aliphatic rings. The average molecular weight is 425 g/mol. The summed E-state index contributed by atoms with van der Waals surface area (Å²) in [6, 6.07) is 13.0. The van der Waals surface area contributed by atoms with Crippen LogP contribution in [0.15, 0.2) is 42.5 Å². The quantitative estimate of drug-likeness (QED) is 0.689. The number of benzene rings is 2. The second-order valence-electron chi connectivity index (χ2n) is 7.80. The summed E-state index contributed by atoms with van der Waals surface area (Å²) < 4.78 is 11.4. The maximum Gasteiger partial charge on any atom is 0.253 e. The maximum absolute atomic E-state index is 13.0. The molecule has 2 aromatic carbocycles. The summed E-state index contributed by atoms with van der Waals surface area (Å²) in [6.07, 6.45) is 2.38. The average Bonchev–Trinajstić information content (AvgIpc) is 2.78. The van der Waals surface area contributed by atoms with Crippen molar-refractivity contribution in [2.75, 3.05) is 26.3 Å². The largest absolute Gasteiger partial charge is 0.490 e. The van der Waals surface area contributed by atoms with Crippen LogP contribution < -0.4 is 14.8 Å². The standard InChI is InChI=1S/C25H32N2O4/c1-4-16-31-22-11-10-19(17-23(22)30-5-2)25(29)27-14-12-20(13-15-27)26-24(28)21-9-7-6-8-18(21)3/h6-11,17,20H,4-5,12-16H2,1-3H3,(H,26,28). The van der Waals surface area contributed by atoms with E-state index in [1.54, 1.807) is 12.1 Å². The van der Waals surface area contributed by atoms with Gasteiger partial charge in [0.2, 0.25) is 0 Å². The van der Waals surface area contributed by atoms with Crippen molar-refractivity contribution in [1.29, 1.82) is 0 Å². The third-order valence-corrected chi connectivity index (χ3v) is 5.46. The highest BCUT2D eigenvalue weighted by Gasteiger charge is 2.26. The van der Waals surface area contributed by atoms with Crippen LogP contribution in [0, 0.1) is 6.92 Å². The molecule has 1 saturated heterocycles. The molecular formula is C25H32N2O4. The fourth-order valence-electron chi connectivity index (χ4n) is 3.74. The highest BCUT2D eigenvalue weighted by atomic mass is 16.5. The van der Waals surface area contributed by atoms with Gasteiger partial charge in [-0.05, 0) is 62.9 Å². The molecule has 1 aliphatic heterocycles. The predicted molar refractivity (Wildman–Crippen MR) is 121 cm³/mol. The Bertz CT molecular complexity index is 904. The third-order valence-electron chi connectivity index (χ3n) is 5.46. The van der Waals surface area contributed by atoms with Crippen LogP contribution in [0.4, 0.5) is 0 Å². The lowest BCUT2D eigenvalue weighted by Gasteiger charge is -2.32. The molecule has 0 spiro atoms. The van der Waals surface area contributed by atoms with Crippen molar-refractivity contribution in [1.82, 2.24) is 10.2 Å². The zero-order valence-electron chi connectivity index (χ0n) is 18.6. The van der Waals surface area contributed by atoms with Gasteiger partial charge in [0.05, 0.1) is 13.2 Å². The number of ether oxygens (including phenoxy) is 2. The van der Waals surface area contributed by atoms with E-state index in [1.165, 1.54) is 0 Å². The summed E-state index contributed by atoms with van der Waals surface area (Å²) >= 11 is 0. The van der Waals surface area contributed by atoms with E-state index in [-0.39, 0.29) is 17.9 Å². The second kappa shape index (κ2) is 10.8. The minimum absolute atomic E-state index is 0.0216. The molecule has 0 radical (unpaired) electrons. The molecule has 1 fully saturated rings. The summed E-state index contributed by atoms with van der Waals surface area (Å²) in [5.41, 5.74) is 2.26. The van der Waals surface area contributed by atoms with Crippen LogP contribution >= 0.6 is 0 Å². The molecule has 0 bridgehead atoms. The molecule has 0 aliphatic carbocycles. The second-order valence-corrected chi connectivity index (χ2v) is 7.80. The zero-order chi connectivity index (χ0) is 22.2. The number of likely N-dealkylation sites (tertiary alicyclic amines) is 1. The van der Waals surface area contributed by atoms with Crippen LogP contribution in [0.3, 0.4) is 0 Å². The lowest BCUT2D eigenvalue weighted by molar-refractivity contribution is 0.0697. The van der Waals surface area contributed by atoms with Gasteiger partial charge in [-0.1, -0.05) is 25.1 Å². The fraction of sp³-hybridized carbons (Fsp3) is 0.440. The number of aryl methyl sites for hydroxylation is 1. The number of carbonyl (C=O) groups is 2. The van der Waals surface area contributed by atoms with Gasteiger partial charge in [0.25, 0.3) is 11.8 Å². The lowest BCUT2D eigenvalue weighted by Crippen LogP contribution is -2.46. The monoisotopic (exact) mass is 424 g/mol. The van der Waals surface area contributed by atoms with E-state index in [9.17, 15) is 9.59 Å². The Labute approximate surface area is 184 Å². The number of rotatable bonds is 8. The molecule has 3 rings (SSSR count). The topological polar surface area (TPSA) is 67.9 Å². The highest BCUT2D eigenvalue weighted by Crippen LogP contribution is 2.29. The van der Waals surface area contributed by atoms with Crippen LogP contribution in [0.25, 0.3) is 0 Å². The van der Waals surface area contributed by atoms with Crippen molar-refractivity contribution in [3.63, 3.8) is 0 Å². The summed E-state index contributed by atoms with van der Waals surface area (Å²) in [5.74, 6) is 1.19. The Hall–Kier alpha value is -3.02. The molecular weight excluding hydrogens is 392 g/mol. The molecule has 1 N–H and O–H groups in total. The number of hydrogen-bond donors (Lipinski definition) is 1. The van der Waals surface area contributed by atoms with E-state index < -0.39 is 0 Å². The summed E-state index contributed by atoms with van der Waals surface area (Å²) in [6.45, 7) is 8.22. The van der Waals surface area contributed by atoms with Crippen molar-refractivity contribution >= 4 is 11.8 Å². The molecule has 2 amide bonds. The zero-order valence-corrected chi connectivity index (χ0v) is 18.6. The minimum Gasteiger partial charge on any atom is -0.490 e. The SMILES string of the molecule is CCCOc1ccc(C(=O)N2CCC(NC(=O)c3ccccc3C)CC2)cc1OCC. The van der Waals surface area contributed by atoms with Gasteiger partial charge in [-0.25, -0.2) is 0 Å². The summed E-state index contributed by atoms with van der Waals surface area (Å²) in [7, 11) is 0. The van der Waals surface area contributed by atoms with Gasteiger partial charge < -0.3 is 19.7 Å². The molecule has 0 atom stereocenters. The first-order valence-corrected chi connectivity index (χ1v) is 11.1. The van der Waals surface area contributed by atoms with Crippen LogP contribution in [-0.2, 0) is 0 Å². The van der Waals surface area contributed by atoms with Crippen molar-refractivity contribution in [3.8, 4) is 11.5 Å². The van der Waals surface area contributed by atoms with Gasteiger partial charge >= 0.3 is 0 Å². The Morgan fingerprint density at radius 2 is 1.77 bits per heavy atom. The van der Waals surface area contributed by atoms with Crippen LogP contribution in [-0.4, -0.2) is 49.1 Å². The van der Waals surface area contributed by atoms with Gasteiger partial charge in [0.15, 0.2) is 11.5 Å². The molecule has 31 heavy (non-hydrogen) atoms. The van der Waals surface area contributed by atoms with E-state index in [0.29, 0.717) is 48.9 Å². The summed E-state index contributed by atoms with van der Waals surface area (Å²) in [5, 5.41) is 3.11. The van der Waals surface area contributed by atoms with Gasteiger partial charge in [-0.2, -0.15) is 0 Å². The minimum atomic E-state index is -0.0492. The number of piperidine rings is 1. The van der Waals surface area contributed by atoms with Crippen molar-refractivity contribution < 1.29 is 19.1 Å². The van der Waals surface area contributed by atoms with Crippen LogP contribution in [0.5, 0.6) is 11.5 Å². The third kappa shape index (κ3) is 5.78. The Kier molecular flexibility index (Phi) is 7.93. The Balaban J connectivity index is 1.59.